The second-order valence-electron chi connectivity index (χ2n) is 6.72. The molecule has 2 fully saturated rings. The van der Waals surface area contributed by atoms with Crippen LogP contribution in [-0.2, 0) is 4.74 Å². The van der Waals surface area contributed by atoms with Gasteiger partial charge in [0.1, 0.15) is 17.5 Å². The van der Waals surface area contributed by atoms with E-state index in [0.717, 1.165) is 30.5 Å². The third-order valence-electron chi connectivity index (χ3n) is 4.81. The lowest BCUT2D eigenvalue weighted by atomic mass is 9.64. The van der Waals surface area contributed by atoms with Crippen molar-refractivity contribution in [3.05, 3.63) is 11.9 Å². The molecule has 3 rings (SSSR count). The van der Waals surface area contributed by atoms with E-state index in [1.165, 1.54) is 12.8 Å². The zero-order chi connectivity index (χ0) is 15.0. The number of hydrogen-bond acceptors (Lipinski definition) is 5. The van der Waals surface area contributed by atoms with E-state index in [-0.39, 0.29) is 5.41 Å². The average Bonchev–Trinajstić information content (AvgIpc) is 3.30. The summed E-state index contributed by atoms with van der Waals surface area (Å²) in [7, 11) is 1.90. The van der Waals surface area contributed by atoms with Crippen LogP contribution in [0.15, 0.2) is 6.07 Å². The maximum absolute atomic E-state index is 5.79. The fourth-order valence-electron chi connectivity index (χ4n) is 2.98. The summed E-state index contributed by atoms with van der Waals surface area (Å²) in [5.74, 6) is 3.37. The molecule has 5 nitrogen and oxygen atoms in total. The van der Waals surface area contributed by atoms with Crippen LogP contribution in [0.25, 0.3) is 0 Å². The van der Waals surface area contributed by atoms with Crippen molar-refractivity contribution in [3.8, 4) is 0 Å². The van der Waals surface area contributed by atoms with E-state index in [2.05, 4.69) is 36.4 Å². The number of rotatable bonds is 6. The van der Waals surface area contributed by atoms with Crippen molar-refractivity contribution in [1.29, 1.82) is 0 Å². The molecule has 0 radical (unpaired) electrons. The highest BCUT2D eigenvalue weighted by molar-refractivity contribution is 5.49. The minimum Gasteiger partial charge on any atom is -0.378 e. The first-order chi connectivity index (χ1) is 10.0. The predicted octanol–water partition coefficient (Wildman–Crippen LogP) is 3.01. The molecule has 0 saturated heterocycles. The number of nitrogens with one attached hydrogen (secondary N) is 2. The molecular formula is C16H26N4O. The maximum atomic E-state index is 5.79. The number of ether oxygens (including phenoxy) is 1. The molecule has 116 valence electrons. The van der Waals surface area contributed by atoms with Gasteiger partial charge in [0.15, 0.2) is 0 Å². The molecule has 2 aliphatic rings. The third-order valence-corrected chi connectivity index (χ3v) is 4.81. The zero-order valence-electron chi connectivity index (χ0n) is 13.4. The molecule has 1 aromatic heterocycles. The molecule has 0 spiro atoms. The van der Waals surface area contributed by atoms with Crippen LogP contribution < -0.4 is 10.6 Å². The number of aromatic nitrogens is 2. The fraction of sp³-hybridized carbons (Fsp3) is 0.750. The monoisotopic (exact) mass is 290 g/mol. The van der Waals surface area contributed by atoms with Gasteiger partial charge in [0.2, 0.25) is 0 Å². The van der Waals surface area contributed by atoms with Gasteiger partial charge in [-0.15, -0.1) is 0 Å². The topological polar surface area (TPSA) is 59.1 Å². The van der Waals surface area contributed by atoms with E-state index >= 15 is 0 Å². The van der Waals surface area contributed by atoms with Crippen molar-refractivity contribution < 1.29 is 4.74 Å². The summed E-state index contributed by atoms with van der Waals surface area (Å²) in [5.41, 5.74) is 0.139. The smallest absolute Gasteiger partial charge is 0.136 e. The molecule has 2 unspecified atom stereocenters. The van der Waals surface area contributed by atoms with Crippen LogP contribution in [0.3, 0.4) is 0 Å². The number of hydrogen-bond donors (Lipinski definition) is 2. The van der Waals surface area contributed by atoms with Gasteiger partial charge in [-0.25, -0.2) is 9.97 Å². The molecule has 0 aromatic carbocycles. The van der Waals surface area contributed by atoms with Crippen molar-refractivity contribution >= 4 is 11.6 Å². The van der Waals surface area contributed by atoms with E-state index in [0.29, 0.717) is 18.1 Å². The van der Waals surface area contributed by atoms with Crippen molar-refractivity contribution in [3.63, 3.8) is 0 Å². The van der Waals surface area contributed by atoms with E-state index in [9.17, 15) is 0 Å². The van der Waals surface area contributed by atoms with Crippen LogP contribution in [0.1, 0.15) is 51.8 Å². The van der Waals surface area contributed by atoms with E-state index in [4.69, 9.17) is 9.72 Å². The van der Waals surface area contributed by atoms with Crippen LogP contribution in [0.4, 0.5) is 11.6 Å². The normalized spacial score (nSPS) is 27.0. The molecule has 0 aliphatic heterocycles. The Hall–Kier alpha value is -1.36. The summed E-state index contributed by atoms with van der Waals surface area (Å²) in [5, 5.41) is 6.72. The summed E-state index contributed by atoms with van der Waals surface area (Å²) < 4.78 is 5.79. The highest BCUT2D eigenvalue weighted by Gasteiger charge is 2.49. The number of nitrogens with zero attached hydrogens (tertiary/aromatic N) is 2. The Labute approximate surface area is 126 Å². The van der Waals surface area contributed by atoms with Crippen molar-refractivity contribution in [2.75, 3.05) is 24.3 Å². The van der Waals surface area contributed by atoms with Crippen molar-refractivity contribution in [2.24, 2.45) is 5.41 Å². The molecule has 1 heterocycles. The molecule has 2 atom stereocenters. The standard InChI is InChI=1S/C16H26N4O/c1-5-21-12-8-11(16(12,2)3)18-14-9-13(17-4)19-15(20-14)10-6-7-10/h9-12H,5-8H2,1-4H3,(H2,17,18,19,20). The fourth-order valence-corrected chi connectivity index (χ4v) is 2.98. The molecule has 2 N–H and O–H groups in total. The molecule has 5 heteroatoms. The minimum absolute atomic E-state index is 0.139. The van der Waals surface area contributed by atoms with Gasteiger partial charge in [0, 0.05) is 37.1 Å². The largest absolute Gasteiger partial charge is 0.378 e. The predicted molar refractivity (Wildman–Crippen MR) is 84.8 cm³/mol. The van der Waals surface area contributed by atoms with Crippen LogP contribution >= 0.6 is 0 Å². The van der Waals surface area contributed by atoms with E-state index in [1.807, 2.05) is 13.1 Å². The van der Waals surface area contributed by atoms with Gasteiger partial charge < -0.3 is 15.4 Å². The number of anilines is 2. The Morgan fingerprint density at radius 1 is 1.29 bits per heavy atom. The van der Waals surface area contributed by atoms with Gasteiger partial charge in [-0.2, -0.15) is 0 Å². The van der Waals surface area contributed by atoms with Crippen LogP contribution in [0, 0.1) is 5.41 Å². The molecular weight excluding hydrogens is 264 g/mol. The van der Waals surface area contributed by atoms with Gasteiger partial charge >= 0.3 is 0 Å². The van der Waals surface area contributed by atoms with Crippen LogP contribution in [0.2, 0.25) is 0 Å². The molecule has 0 bridgehead atoms. The van der Waals surface area contributed by atoms with Crippen LogP contribution in [0.5, 0.6) is 0 Å². The Kier molecular flexibility index (Phi) is 3.78. The second-order valence-corrected chi connectivity index (χ2v) is 6.72. The van der Waals surface area contributed by atoms with Gasteiger partial charge in [-0.1, -0.05) is 13.8 Å². The lowest BCUT2D eigenvalue weighted by molar-refractivity contribution is -0.0976. The van der Waals surface area contributed by atoms with Gasteiger partial charge in [-0.05, 0) is 26.2 Å². The zero-order valence-corrected chi connectivity index (χ0v) is 13.4. The van der Waals surface area contributed by atoms with Crippen LogP contribution in [-0.4, -0.2) is 35.8 Å². The Bertz CT molecular complexity index is 513. The Morgan fingerprint density at radius 2 is 2.00 bits per heavy atom. The lowest BCUT2D eigenvalue weighted by Crippen LogP contribution is -2.58. The summed E-state index contributed by atoms with van der Waals surface area (Å²) in [4.78, 5) is 9.26. The van der Waals surface area contributed by atoms with Gasteiger partial charge in [0.25, 0.3) is 0 Å². The first-order valence-corrected chi connectivity index (χ1v) is 7.99. The molecule has 2 aliphatic carbocycles. The molecule has 2 saturated carbocycles. The second kappa shape index (κ2) is 5.44. The lowest BCUT2D eigenvalue weighted by Gasteiger charge is -2.51. The van der Waals surface area contributed by atoms with Gasteiger partial charge in [-0.3, -0.25) is 0 Å². The third kappa shape index (κ3) is 2.84. The molecule has 1 aromatic rings. The van der Waals surface area contributed by atoms with E-state index < -0.39 is 0 Å². The maximum Gasteiger partial charge on any atom is 0.136 e. The highest BCUT2D eigenvalue weighted by atomic mass is 16.5. The first kappa shape index (κ1) is 14.6. The van der Waals surface area contributed by atoms with Crippen molar-refractivity contribution in [2.45, 2.75) is 58.1 Å². The summed E-state index contributed by atoms with van der Waals surface area (Å²) in [6.07, 6.45) is 3.81. The summed E-state index contributed by atoms with van der Waals surface area (Å²) in [6.45, 7) is 7.36. The SMILES string of the molecule is CCOC1CC(Nc2cc(NC)nc(C3CC3)n2)C1(C)C. The molecule has 0 amide bonds. The van der Waals surface area contributed by atoms with Gasteiger partial charge in [0.05, 0.1) is 6.10 Å². The molecule has 21 heavy (non-hydrogen) atoms. The summed E-state index contributed by atoms with van der Waals surface area (Å²) >= 11 is 0. The average molecular weight is 290 g/mol. The summed E-state index contributed by atoms with van der Waals surface area (Å²) in [6, 6.07) is 2.40. The highest BCUT2D eigenvalue weighted by Crippen LogP contribution is 2.44. The minimum atomic E-state index is 0.139. The van der Waals surface area contributed by atoms with Crippen molar-refractivity contribution in [1.82, 2.24) is 9.97 Å². The Balaban J connectivity index is 1.72. The van der Waals surface area contributed by atoms with E-state index in [1.54, 1.807) is 0 Å². The first-order valence-electron chi connectivity index (χ1n) is 7.99. The quantitative estimate of drug-likeness (QED) is 0.843. The Morgan fingerprint density at radius 3 is 2.57 bits per heavy atom.